The molecule has 112 valence electrons. The van der Waals surface area contributed by atoms with Crippen molar-refractivity contribution >= 4 is 22.5 Å². The predicted molar refractivity (Wildman–Crippen MR) is 93.8 cm³/mol. The highest BCUT2D eigenvalue weighted by molar-refractivity contribution is 8.13. The quantitative estimate of drug-likeness (QED) is 0.770. The van der Waals surface area contributed by atoms with Crippen molar-refractivity contribution in [3.05, 3.63) is 41.6 Å². The van der Waals surface area contributed by atoms with Gasteiger partial charge in [0.05, 0.1) is 10.7 Å². The number of hydrogen-bond acceptors (Lipinski definition) is 3. The van der Waals surface area contributed by atoms with Gasteiger partial charge in [0, 0.05) is 19.2 Å². The molecule has 0 spiro atoms. The molecule has 2 aromatic rings. The van der Waals surface area contributed by atoms with Crippen LogP contribution in [0.4, 0.5) is 5.69 Å². The van der Waals surface area contributed by atoms with Crippen LogP contribution in [0.25, 0.3) is 11.3 Å². The minimum absolute atomic E-state index is 0.0780. The summed E-state index contributed by atoms with van der Waals surface area (Å²) in [4.78, 5) is 4.76. The molecule has 3 rings (SSSR count). The third-order valence-corrected chi connectivity index (χ3v) is 5.04. The van der Waals surface area contributed by atoms with Gasteiger partial charge in [-0.25, -0.2) is 4.99 Å². The number of nitriles is 1. The molecular formula is C18H19N3S. The Morgan fingerprint density at radius 2 is 2.05 bits per heavy atom. The van der Waals surface area contributed by atoms with Gasteiger partial charge in [-0.05, 0) is 47.1 Å². The molecule has 0 aliphatic carbocycles. The molecule has 0 bridgehead atoms. The predicted octanol–water partition coefficient (Wildman–Crippen LogP) is 4.64. The number of aliphatic imine (C=N–C) groups is 1. The summed E-state index contributed by atoms with van der Waals surface area (Å²) in [6, 6.07) is 12.5. The van der Waals surface area contributed by atoms with Crippen LogP contribution in [0.2, 0.25) is 0 Å². The van der Waals surface area contributed by atoms with Gasteiger partial charge in [-0.15, -0.1) is 11.8 Å². The van der Waals surface area contributed by atoms with Gasteiger partial charge in [0.1, 0.15) is 11.8 Å². The average molecular weight is 309 g/mol. The first-order valence-corrected chi connectivity index (χ1v) is 8.51. The summed E-state index contributed by atoms with van der Waals surface area (Å²) in [5.41, 5.74) is 5.30. The van der Waals surface area contributed by atoms with Crippen molar-refractivity contribution in [3.8, 4) is 17.3 Å². The molecule has 2 heterocycles. The van der Waals surface area contributed by atoms with Crippen molar-refractivity contribution in [2.75, 3.05) is 6.26 Å². The second-order valence-corrected chi connectivity index (χ2v) is 7.16. The third kappa shape index (κ3) is 2.36. The Bertz CT molecular complexity index is 806. The topological polar surface area (TPSA) is 41.1 Å². The molecule has 3 nitrogen and oxygen atoms in total. The van der Waals surface area contributed by atoms with Gasteiger partial charge in [0.2, 0.25) is 0 Å². The lowest BCUT2D eigenvalue weighted by atomic mass is 9.78. The van der Waals surface area contributed by atoms with E-state index >= 15 is 0 Å². The third-order valence-electron chi connectivity index (χ3n) is 4.33. The molecule has 0 unspecified atom stereocenters. The Morgan fingerprint density at radius 1 is 1.27 bits per heavy atom. The first kappa shape index (κ1) is 14.9. The molecule has 1 aromatic carbocycles. The van der Waals surface area contributed by atoms with E-state index in [2.05, 4.69) is 44.4 Å². The molecule has 1 aromatic heterocycles. The minimum Gasteiger partial charge on any atom is -0.335 e. The fourth-order valence-corrected chi connectivity index (χ4v) is 3.71. The second-order valence-electron chi connectivity index (χ2n) is 6.28. The summed E-state index contributed by atoms with van der Waals surface area (Å²) >= 11 is 1.73. The molecule has 0 N–H and O–H groups in total. The van der Waals surface area contributed by atoms with Crippen molar-refractivity contribution in [2.24, 2.45) is 12.0 Å². The summed E-state index contributed by atoms with van der Waals surface area (Å²) in [6.45, 7) is 4.54. The van der Waals surface area contributed by atoms with E-state index in [1.807, 2.05) is 23.7 Å². The maximum atomic E-state index is 9.12. The van der Waals surface area contributed by atoms with Crippen LogP contribution in [0.1, 0.15) is 31.5 Å². The van der Waals surface area contributed by atoms with Crippen LogP contribution in [0.3, 0.4) is 0 Å². The van der Waals surface area contributed by atoms with Crippen LogP contribution in [0, 0.1) is 11.3 Å². The van der Waals surface area contributed by atoms with Crippen molar-refractivity contribution < 1.29 is 0 Å². The molecule has 1 aliphatic heterocycles. The lowest BCUT2D eigenvalue weighted by Crippen LogP contribution is -2.24. The molecule has 4 heteroatoms. The summed E-state index contributed by atoms with van der Waals surface area (Å²) in [5, 5.41) is 10.3. The van der Waals surface area contributed by atoms with Crippen LogP contribution >= 0.6 is 11.8 Å². The number of rotatable bonds is 1. The highest BCUT2D eigenvalue weighted by Crippen LogP contribution is 2.42. The van der Waals surface area contributed by atoms with E-state index in [0.29, 0.717) is 5.69 Å². The number of nitrogens with zero attached hydrogens (tertiary/aromatic N) is 3. The molecule has 0 atom stereocenters. The Hall–Kier alpha value is -1.99. The van der Waals surface area contributed by atoms with E-state index in [1.54, 1.807) is 11.8 Å². The van der Waals surface area contributed by atoms with Gasteiger partial charge >= 0.3 is 0 Å². The maximum absolute atomic E-state index is 9.12. The normalized spacial score (nSPS) is 15.9. The molecule has 0 amide bonds. The standard InChI is InChI=1S/C18H19N3S/c1-18(2)10-17(22-4)20-15-7-5-12(9-14(15)18)16-8-6-13(11-19)21(16)3/h5-9H,10H2,1-4H3. The zero-order valence-electron chi connectivity index (χ0n) is 13.3. The van der Waals surface area contributed by atoms with Gasteiger partial charge in [0.25, 0.3) is 0 Å². The molecule has 0 radical (unpaired) electrons. The number of fused-ring (bicyclic) bond motifs is 1. The lowest BCUT2D eigenvalue weighted by molar-refractivity contribution is 0.547. The van der Waals surface area contributed by atoms with Crippen LogP contribution in [-0.2, 0) is 12.5 Å². The van der Waals surface area contributed by atoms with Crippen LogP contribution in [0.5, 0.6) is 0 Å². The number of thioether (sulfide) groups is 1. The molecule has 1 aliphatic rings. The Labute approximate surface area is 135 Å². The van der Waals surface area contributed by atoms with Crippen molar-refractivity contribution in [3.63, 3.8) is 0 Å². The van der Waals surface area contributed by atoms with Crippen LogP contribution in [0.15, 0.2) is 35.3 Å². The van der Waals surface area contributed by atoms with Crippen LogP contribution < -0.4 is 0 Å². The van der Waals surface area contributed by atoms with Gasteiger partial charge < -0.3 is 4.57 Å². The van der Waals surface area contributed by atoms with Crippen molar-refractivity contribution in [2.45, 2.75) is 25.7 Å². The maximum Gasteiger partial charge on any atom is 0.120 e. The molecule has 0 fully saturated rings. The Balaban J connectivity index is 2.14. The SMILES string of the molecule is CSC1=Nc2ccc(-c3ccc(C#N)n3C)cc2C(C)(C)C1. The number of benzene rings is 1. The number of hydrogen-bond donors (Lipinski definition) is 0. The highest BCUT2D eigenvalue weighted by atomic mass is 32.2. The number of aromatic nitrogens is 1. The first-order valence-electron chi connectivity index (χ1n) is 7.28. The van der Waals surface area contributed by atoms with Crippen LogP contribution in [-0.4, -0.2) is 15.9 Å². The fourth-order valence-electron chi connectivity index (χ4n) is 3.01. The Morgan fingerprint density at radius 3 is 2.68 bits per heavy atom. The van der Waals surface area contributed by atoms with E-state index in [0.717, 1.165) is 23.4 Å². The van der Waals surface area contributed by atoms with Crippen molar-refractivity contribution in [1.29, 1.82) is 5.26 Å². The fraction of sp³-hybridized carbons (Fsp3) is 0.333. The largest absolute Gasteiger partial charge is 0.335 e. The smallest absolute Gasteiger partial charge is 0.120 e. The van der Waals surface area contributed by atoms with Crippen molar-refractivity contribution in [1.82, 2.24) is 4.57 Å². The zero-order chi connectivity index (χ0) is 15.9. The Kier molecular flexibility index (Phi) is 3.62. The van der Waals surface area contributed by atoms with Gasteiger partial charge in [-0.2, -0.15) is 5.26 Å². The highest BCUT2D eigenvalue weighted by Gasteiger charge is 2.30. The molecular weight excluding hydrogens is 290 g/mol. The molecule has 22 heavy (non-hydrogen) atoms. The molecule has 0 saturated carbocycles. The van der Waals surface area contributed by atoms with E-state index < -0.39 is 0 Å². The summed E-state index contributed by atoms with van der Waals surface area (Å²) in [6.07, 6.45) is 3.06. The molecule has 0 saturated heterocycles. The summed E-state index contributed by atoms with van der Waals surface area (Å²) < 4.78 is 1.94. The zero-order valence-corrected chi connectivity index (χ0v) is 14.2. The van der Waals surface area contributed by atoms with Gasteiger partial charge in [-0.3, -0.25) is 0 Å². The van der Waals surface area contributed by atoms with E-state index in [-0.39, 0.29) is 5.41 Å². The summed E-state index contributed by atoms with van der Waals surface area (Å²) in [5.74, 6) is 0. The first-order chi connectivity index (χ1) is 10.5. The van der Waals surface area contributed by atoms with Gasteiger partial charge in [-0.1, -0.05) is 19.9 Å². The lowest BCUT2D eigenvalue weighted by Gasteiger charge is -2.31. The second kappa shape index (κ2) is 5.33. The van der Waals surface area contributed by atoms with E-state index in [4.69, 9.17) is 10.3 Å². The monoisotopic (exact) mass is 309 g/mol. The van der Waals surface area contributed by atoms with Gasteiger partial charge in [0.15, 0.2) is 0 Å². The summed E-state index contributed by atoms with van der Waals surface area (Å²) in [7, 11) is 1.93. The van der Waals surface area contributed by atoms with E-state index in [1.165, 1.54) is 10.6 Å². The average Bonchev–Trinajstić information content (AvgIpc) is 2.87. The minimum atomic E-state index is 0.0780. The van der Waals surface area contributed by atoms with E-state index in [9.17, 15) is 0 Å².